The molecule has 0 amide bonds. The van der Waals surface area contributed by atoms with E-state index in [0.29, 0.717) is 11.5 Å². The molecular formula is C15H20O3S. The molecule has 1 aromatic carbocycles. The second-order valence-corrected chi connectivity index (χ2v) is 8.17. The molecule has 0 bridgehead atoms. The summed E-state index contributed by atoms with van der Waals surface area (Å²) in [5.41, 5.74) is 0.228. The quantitative estimate of drug-likeness (QED) is 0.779. The first-order valence-corrected chi connectivity index (χ1v) is 8.44. The number of hydrogen-bond donors (Lipinski definition) is 0. The number of benzene rings is 1. The minimum Gasteiger partial charge on any atom is -0.294 e. The molecule has 1 aliphatic rings. The SMILES string of the molecule is CC(C)(CC1CC1)C(=O)c1ccc(S(C)(=O)=O)cc1. The lowest BCUT2D eigenvalue weighted by molar-refractivity contribution is 0.0818. The van der Waals surface area contributed by atoms with Crippen molar-refractivity contribution < 1.29 is 13.2 Å². The van der Waals surface area contributed by atoms with Gasteiger partial charge in [-0.2, -0.15) is 0 Å². The van der Waals surface area contributed by atoms with Crippen molar-refractivity contribution in [1.82, 2.24) is 0 Å². The predicted octanol–water partition coefficient (Wildman–Crippen LogP) is 3.10. The highest BCUT2D eigenvalue weighted by atomic mass is 32.2. The highest BCUT2D eigenvalue weighted by Gasteiger charge is 2.35. The Morgan fingerprint density at radius 1 is 1.21 bits per heavy atom. The molecule has 1 fully saturated rings. The van der Waals surface area contributed by atoms with Gasteiger partial charge in [0.2, 0.25) is 0 Å². The van der Waals surface area contributed by atoms with Crippen molar-refractivity contribution in [1.29, 1.82) is 0 Å². The van der Waals surface area contributed by atoms with Crippen LogP contribution >= 0.6 is 0 Å². The Bertz CT molecular complexity index is 578. The Balaban J connectivity index is 2.19. The van der Waals surface area contributed by atoms with Gasteiger partial charge in [-0.05, 0) is 24.5 Å². The number of rotatable bonds is 5. The van der Waals surface area contributed by atoms with Gasteiger partial charge in [-0.1, -0.05) is 38.8 Å². The minimum atomic E-state index is -3.20. The van der Waals surface area contributed by atoms with Crippen LogP contribution in [0.3, 0.4) is 0 Å². The number of Topliss-reactive ketones (excluding diaryl/α,β-unsaturated/α-hetero) is 1. The molecule has 0 heterocycles. The van der Waals surface area contributed by atoms with Gasteiger partial charge in [0.05, 0.1) is 4.90 Å². The van der Waals surface area contributed by atoms with E-state index in [1.807, 2.05) is 13.8 Å². The lowest BCUT2D eigenvalue weighted by Gasteiger charge is -2.23. The Morgan fingerprint density at radius 2 is 1.74 bits per heavy atom. The van der Waals surface area contributed by atoms with Gasteiger partial charge in [0.1, 0.15) is 0 Å². The normalized spacial score (nSPS) is 16.4. The van der Waals surface area contributed by atoms with Gasteiger partial charge in [0.15, 0.2) is 15.6 Å². The third-order valence-electron chi connectivity index (χ3n) is 3.66. The zero-order valence-corrected chi connectivity index (χ0v) is 12.5. The summed E-state index contributed by atoms with van der Waals surface area (Å²) in [6.45, 7) is 3.94. The second kappa shape index (κ2) is 4.75. The smallest absolute Gasteiger partial charge is 0.175 e. The van der Waals surface area contributed by atoms with Crippen LogP contribution in [0.25, 0.3) is 0 Å². The van der Waals surface area contributed by atoms with Crippen LogP contribution in [0.5, 0.6) is 0 Å². The molecule has 104 valence electrons. The monoisotopic (exact) mass is 280 g/mol. The number of sulfone groups is 1. The molecule has 3 nitrogen and oxygen atoms in total. The second-order valence-electron chi connectivity index (χ2n) is 6.16. The Hall–Kier alpha value is -1.16. The van der Waals surface area contributed by atoms with Crippen molar-refractivity contribution in [2.24, 2.45) is 11.3 Å². The molecule has 1 aliphatic carbocycles. The molecule has 2 rings (SSSR count). The summed E-state index contributed by atoms with van der Waals surface area (Å²) < 4.78 is 22.8. The minimum absolute atomic E-state index is 0.0967. The van der Waals surface area contributed by atoms with E-state index in [4.69, 9.17) is 0 Å². The highest BCUT2D eigenvalue weighted by molar-refractivity contribution is 7.90. The lowest BCUT2D eigenvalue weighted by atomic mass is 9.80. The van der Waals surface area contributed by atoms with Gasteiger partial charge in [0.25, 0.3) is 0 Å². The van der Waals surface area contributed by atoms with Crippen molar-refractivity contribution in [3.8, 4) is 0 Å². The van der Waals surface area contributed by atoms with E-state index in [0.717, 1.165) is 6.42 Å². The third-order valence-corrected chi connectivity index (χ3v) is 4.78. The molecule has 0 spiro atoms. The Labute approximate surface area is 114 Å². The maximum atomic E-state index is 12.4. The highest BCUT2D eigenvalue weighted by Crippen LogP contribution is 2.41. The summed E-state index contributed by atoms with van der Waals surface area (Å²) in [7, 11) is -3.20. The van der Waals surface area contributed by atoms with Gasteiger partial charge in [-0.15, -0.1) is 0 Å². The van der Waals surface area contributed by atoms with E-state index >= 15 is 0 Å². The van der Waals surface area contributed by atoms with Crippen LogP contribution in [0.15, 0.2) is 29.2 Å². The summed E-state index contributed by atoms with van der Waals surface area (Å²) in [6, 6.07) is 6.26. The molecular weight excluding hydrogens is 260 g/mol. The number of ketones is 1. The van der Waals surface area contributed by atoms with E-state index in [2.05, 4.69) is 0 Å². The molecule has 0 N–H and O–H groups in total. The standard InChI is InChI=1S/C15H20O3S/c1-15(2,10-11-4-5-11)14(16)12-6-8-13(9-7-12)19(3,17)18/h6-9,11H,4-5,10H2,1-3H3. The van der Waals surface area contributed by atoms with Crippen LogP contribution in [0.2, 0.25) is 0 Å². The molecule has 0 aliphatic heterocycles. The number of hydrogen-bond acceptors (Lipinski definition) is 3. The van der Waals surface area contributed by atoms with E-state index in [1.165, 1.54) is 31.2 Å². The molecule has 0 aromatic heterocycles. The average molecular weight is 280 g/mol. The van der Waals surface area contributed by atoms with Crippen LogP contribution in [0.1, 0.15) is 43.5 Å². The van der Waals surface area contributed by atoms with Crippen LogP contribution in [-0.4, -0.2) is 20.5 Å². The fourth-order valence-electron chi connectivity index (χ4n) is 2.38. The summed E-state index contributed by atoms with van der Waals surface area (Å²) in [5.74, 6) is 0.786. The average Bonchev–Trinajstić information content (AvgIpc) is 3.10. The molecule has 4 heteroatoms. The van der Waals surface area contributed by atoms with Gasteiger partial charge >= 0.3 is 0 Å². The van der Waals surface area contributed by atoms with Crippen molar-refractivity contribution in [2.45, 2.75) is 38.0 Å². The first kappa shape index (κ1) is 14.3. The predicted molar refractivity (Wildman–Crippen MR) is 75.0 cm³/mol. The van der Waals surface area contributed by atoms with E-state index in [9.17, 15) is 13.2 Å². The molecule has 0 unspecified atom stereocenters. The fraction of sp³-hybridized carbons (Fsp3) is 0.533. The maximum absolute atomic E-state index is 12.4. The summed E-state index contributed by atoms with van der Waals surface area (Å²) in [5, 5.41) is 0. The number of carbonyl (C=O) groups excluding carboxylic acids is 1. The fourth-order valence-corrected chi connectivity index (χ4v) is 3.01. The third kappa shape index (κ3) is 3.44. The zero-order chi connectivity index (χ0) is 14.3. The van der Waals surface area contributed by atoms with Crippen molar-refractivity contribution in [3.63, 3.8) is 0 Å². The molecule has 19 heavy (non-hydrogen) atoms. The zero-order valence-electron chi connectivity index (χ0n) is 11.6. The summed E-state index contributed by atoms with van der Waals surface area (Å²) in [4.78, 5) is 12.7. The lowest BCUT2D eigenvalue weighted by Crippen LogP contribution is -2.25. The van der Waals surface area contributed by atoms with E-state index in [1.54, 1.807) is 12.1 Å². The van der Waals surface area contributed by atoms with Gasteiger partial charge in [-0.3, -0.25) is 4.79 Å². The van der Waals surface area contributed by atoms with Crippen molar-refractivity contribution >= 4 is 15.6 Å². The number of carbonyl (C=O) groups is 1. The molecule has 1 saturated carbocycles. The summed E-state index contributed by atoms with van der Waals surface area (Å²) >= 11 is 0. The van der Waals surface area contributed by atoms with Crippen molar-refractivity contribution in [3.05, 3.63) is 29.8 Å². The van der Waals surface area contributed by atoms with Gasteiger partial charge in [0, 0.05) is 17.2 Å². The van der Waals surface area contributed by atoms with Crippen LogP contribution in [-0.2, 0) is 9.84 Å². The molecule has 0 radical (unpaired) electrons. The first-order valence-electron chi connectivity index (χ1n) is 6.55. The van der Waals surface area contributed by atoms with Crippen LogP contribution in [0.4, 0.5) is 0 Å². The largest absolute Gasteiger partial charge is 0.294 e. The topological polar surface area (TPSA) is 51.2 Å². The van der Waals surface area contributed by atoms with Crippen molar-refractivity contribution in [2.75, 3.05) is 6.26 Å². The molecule has 1 aromatic rings. The van der Waals surface area contributed by atoms with Crippen LogP contribution < -0.4 is 0 Å². The Kier molecular flexibility index (Phi) is 3.56. The summed E-state index contributed by atoms with van der Waals surface area (Å²) in [6.07, 6.45) is 4.54. The van der Waals surface area contributed by atoms with E-state index < -0.39 is 9.84 Å². The first-order chi connectivity index (χ1) is 8.70. The Morgan fingerprint density at radius 3 is 2.16 bits per heavy atom. The molecule has 0 saturated heterocycles. The van der Waals surface area contributed by atoms with Gasteiger partial charge < -0.3 is 0 Å². The maximum Gasteiger partial charge on any atom is 0.175 e. The molecule has 0 atom stereocenters. The van der Waals surface area contributed by atoms with Gasteiger partial charge in [-0.25, -0.2) is 8.42 Å². The van der Waals surface area contributed by atoms with E-state index in [-0.39, 0.29) is 16.1 Å². The van der Waals surface area contributed by atoms with Crippen LogP contribution in [0, 0.1) is 11.3 Å².